The summed E-state index contributed by atoms with van der Waals surface area (Å²) in [6.45, 7) is 0.907. The molecule has 128 valence electrons. The summed E-state index contributed by atoms with van der Waals surface area (Å²) in [5.41, 5.74) is 0.498. The predicted molar refractivity (Wildman–Crippen MR) is 91.6 cm³/mol. The number of hydrogen-bond acceptors (Lipinski definition) is 6. The van der Waals surface area contributed by atoms with Crippen LogP contribution in [0.3, 0.4) is 0 Å². The van der Waals surface area contributed by atoms with Crippen molar-refractivity contribution in [2.45, 2.75) is 11.8 Å². The molecule has 1 amide bonds. The first-order valence-corrected chi connectivity index (χ1v) is 9.49. The van der Waals surface area contributed by atoms with Gasteiger partial charge < -0.3 is 4.74 Å². The van der Waals surface area contributed by atoms with E-state index in [0.29, 0.717) is 11.3 Å². The molecular weight excluding hydrogens is 397 g/mol. The third-order valence-electron chi connectivity index (χ3n) is 2.79. The highest BCUT2D eigenvalue weighted by Gasteiger charge is 2.23. The Morgan fingerprint density at radius 1 is 1.21 bits per heavy atom. The van der Waals surface area contributed by atoms with Crippen molar-refractivity contribution in [3.63, 3.8) is 0 Å². The van der Waals surface area contributed by atoms with E-state index in [0.717, 1.165) is 17.4 Å². The number of ether oxygens (including phenoxy) is 1. The Morgan fingerprint density at radius 3 is 2.33 bits per heavy atom. The van der Waals surface area contributed by atoms with Gasteiger partial charge in [0.05, 0.1) is 4.34 Å². The van der Waals surface area contributed by atoms with Gasteiger partial charge in [-0.05, 0) is 37.3 Å². The smallest absolute Gasteiger partial charge is 0.271 e. The van der Waals surface area contributed by atoms with Crippen LogP contribution in [0.15, 0.2) is 35.2 Å². The highest BCUT2D eigenvalue weighted by molar-refractivity contribution is 7.90. The fourth-order valence-electron chi connectivity index (χ4n) is 1.68. The molecule has 6 nitrogen and oxygen atoms in total. The number of carbonyl (C=O) groups excluding carboxylic acids is 2. The minimum atomic E-state index is -4.12. The summed E-state index contributed by atoms with van der Waals surface area (Å²) in [4.78, 5) is 22.6. The van der Waals surface area contributed by atoms with Gasteiger partial charge in [-0.3, -0.25) is 9.59 Å². The molecule has 10 heteroatoms. The highest BCUT2D eigenvalue weighted by atomic mass is 35.5. The molecule has 0 saturated heterocycles. The summed E-state index contributed by atoms with van der Waals surface area (Å²) in [6, 6.07) is 7.26. The van der Waals surface area contributed by atoms with Gasteiger partial charge in [0, 0.05) is 5.56 Å². The number of carbonyl (C=O) groups is 2. The van der Waals surface area contributed by atoms with E-state index in [1.165, 1.54) is 19.1 Å². The van der Waals surface area contributed by atoms with Gasteiger partial charge in [0.1, 0.15) is 15.0 Å². The second kappa shape index (κ2) is 7.52. The molecule has 0 atom stereocenters. The molecule has 2 aromatic rings. The summed E-state index contributed by atoms with van der Waals surface area (Å²) in [7, 11) is -4.12. The minimum Gasteiger partial charge on any atom is -0.484 e. The van der Waals surface area contributed by atoms with Crippen LogP contribution in [-0.4, -0.2) is 26.7 Å². The zero-order valence-electron chi connectivity index (χ0n) is 12.2. The molecule has 0 saturated carbocycles. The van der Waals surface area contributed by atoms with E-state index in [9.17, 15) is 18.0 Å². The molecule has 0 aliphatic heterocycles. The number of halogens is 2. The van der Waals surface area contributed by atoms with Crippen LogP contribution in [0.4, 0.5) is 0 Å². The number of amides is 1. The van der Waals surface area contributed by atoms with Crippen molar-refractivity contribution in [2.24, 2.45) is 0 Å². The maximum absolute atomic E-state index is 12.0. The topological polar surface area (TPSA) is 89.5 Å². The van der Waals surface area contributed by atoms with E-state index in [-0.39, 0.29) is 19.4 Å². The maximum atomic E-state index is 12.0. The van der Waals surface area contributed by atoms with Crippen molar-refractivity contribution in [1.29, 1.82) is 0 Å². The number of hydrogen-bond donors (Lipinski definition) is 1. The van der Waals surface area contributed by atoms with Crippen molar-refractivity contribution in [1.82, 2.24) is 4.72 Å². The molecule has 1 aromatic heterocycles. The summed E-state index contributed by atoms with van der Waals surface area (Å²) in [5.74, 6) is -0.648. The Hall–Kier alpha value is -1.61. The van der Waals surface area contributed by atoms with E-state index in [2.05, 4.69) is 0 Å². The standard InChI is InChI=1S/C14H11Cl2NO5S2/c1-8(18)9-2-4-10(5-3-9)22-7-13(19)17-24(20,21)11-6-12(15)23-14(11)16/h2-6H,7H2,1H3,(H,17,19). The van der Waals surface area contributed by atoms with Gasteiger partial charge in [0.2, 0.25) is 0 Å². The molecule has 24 heavy (non-hydrogen) atoms. The average molecular weight is 408 g/mol. The SMILES string of the molecule is CC(=O)c1ccc(OCC(=O)NS(=O)(=O)c2cc(Cl)sc2Cl)cc1. The Kier molecular flexibility index (Phi) is 5.87. The van der Waals surface area contributed by atoms with E-state index in [4.69, 9.17) is 27.9 Å². The normalized spacial score (nSPS) is 11.1. The monoisotopic (exact) mass is 407 g/mol. The van der Waals surface area contributed by atoms with Crippen LogP contribution in [0.2, 0.25) is 8.67 Å². The molecular formula is C14H11Cl2NO5S2. The van der Waals surface area contributed by atoms with Crippen LogP contribution >= 0.6 is 34.5 Å². The lowest BCUT2D eigenvalue weighted by molar-refractivity contribution is -0.121. The largest absolute Gasteiger partial charge is 0.484 e. The van der Waals surface area contributed by atoms with Crippen LogP contribution in [0.25, 0.3) is 0 Å². The summed E-state index contributed by atoms with van der Waals surface area (Å²) in [5, 5.41) is 0. The van der Waals surface area contributed by atoms with Gasteiger partial charge in [-0.25, -0.2) is 13.1 Å². The average Bonchev–Trinajstić information content (AvgIpc) is 2.85. The first-order valence-electron chi connectivity index (χ1n) is 6.43. The molecule has 0 spiro atoms. The van der Waals surface area contributed by atoms with Crippen LogP contribution in [0, 0.1) is 0 Å². The van der Waals surface area contributed by atoms with Crippen molar-refractivity contribution in [3.05, 3.63) is 44.6 Å². The van der Waals surface area contributed by atoms with E-state index >= 15 is 0 Å². The van der Waals surface area contributed by atoms with Crippen LogP contribution in [0.1, 0.15) is 17.3 Å². The molecule has 1 aromatic carbocycles. The fraction of sp³-hybridized carbons (Fsp3) is 0.143. The number of Topliss-reactive ketones (excluding diaryl/α,β-unsaturated/α-hetero) is 1. The summed E-state index contributed by atoms with van der Waals surface area (Å²) in [6.07, 6.45) is 0. The van der Waals surface area contributed by atoms with Gasteiger partial charge in [-0.2, -0.15) is 0 Å². The molecule has 1 N–H and O–H groups in total. The third-order valence-corrected chi connectivity index (χ3v) is 5.92. The number of sulfonamides is 1. The zero-order valence-corrected chi connectivity index (χ0v) is 15.4. The van der Waals surface area contributed by atoms with Crippen molar-refractivity contribution in [3.8, 4) is 5.75 Å². The number of nitrogens with one attached hydrogen (secondary N) is 1. The second-order valence-electron chi connectivity index (χ2n) is 4.59. The Bertz CT molecular complexity index is 875. The first kappa shape index (κ1) is 18.7. The van der Waals surface area contributed by atoms with E-state index in [1.807, 2.05) is 4.72 Å². The predicted octanol–water partition coefficient (Wildman–Crippen LogP) is 3.14. The fourth-order valence-corrected chi connectivity index (χ4v) is 4.80. The van der Waals surface area contributed by atoms with Gasteiger partial charge >= 0.3 is 0 Å². The molecule has 0 aliphatic rings. The zero-order chi connectivity index (χ0) is 17.9. The highest BCUT2D eigenvalue weighted by Crippen LogP contribution is 2.34. The minimum absolute atomic E-state index is 0.0407. The van der Waals surface area contributed by atoms with Gasteiger partial charge in [-0.15, -0.1) is 11.3 Å². The molecule has 0 aliphatic carbocycles. The summed E-state index contributed by atoms with van der Waals surface area (Å²) < 4.78 is 31.3. The van der Waals surface area contributed by atoms with Crippen molar-refractivity contribution >= 4 is 56.3 Å². The maximum Gasteiger partial charge on any atom is 0.271 e. The van der Waals surface area contributed by atoms with E-state index in [1.54, 1.807) is 12.1 Å². The van der Waals surface area contributed by atoms with Crippen LogP contribution in [0.5, 0.6) is 5.75 Å². The van der Waals surface area contributed by atoms with E-state index < -0.39 is 22.5 Å². The Balaban J connectivity index is 1.98. The van der Waals surface area contributed by atoms with Gasteiger partial charge in [0.15, 0.2) is 12.4 Å². The molecule has 2 rings (SSSR count). The Morgan fingerprint density at radius 2 is 1.83 bits per heavy atom. The quantitative estimate of drug-likeness (QED) is 0.742. The number of rotatable bonds is 6. The van der Waals surface area contributed by atoms with Gasteiger partial charge in [-0.1, -0.05) is 23.2 Å². The third kappa shape index (κ3) is 4.70. The summed E-state index contributed by atoms with van der Waals surface area (Å²) >= 11 is 12.3. The van der Waals surface area contributed by atoms with Crippen LogP contribution < -0.4 is 9.46 Å². The Labute approximate surface area is 152 Å². The van der Waals surface area contributed by atoms with Crippen molar-refractivity contribution in [2.75, 3.05) is 6.61 Å². The molecule has 1 heterocycles. The molecule has 0 bridgehead atoms. The molecule has 0 unspecified atom stereocenters. The van der Waals surface area contributed by atoms with Crippen LogP contribution in [-0.2, 0) is 14.8 Å². The molecule has 0 radical (unpaired) electrons. The van der Waals surface area contributed by atoms with Crippen molar-refractivity contribution < 1.29 is 22.7 Å². The molecule has 0 fully saturated rings. The lowest BCUT2D eigenvalue weighted by atomic mass is 10.1. The number of benzene rings is 1. The lowest BCUT2D eigenvalue weighted by Gasteiger charge is -2.08. The number of ketones is 1. The second-order valence-corrected chi connectivity index (χ2v) is 8.52. The van der Waals surface area contributed by atoms with Gasteiger partial charge in [0.25, 0.3) is 15.9 Å². The first-order chi connectivity index (χ1) is 11.2. The number of thiophene rings is 1. The lowest BCUT2D eigenvalue weighted by Crippen LogP contribution is -2.34.